The Balaban J connectivity index is 1.34. The Morgan fingerprint density at radius 2 is 2.12 bits per heavy atom. The molecule has 3 aromatic rings. The molecule has 1 saturated carbocycles. The predicted molar refractivity (Wildman–Crippen MR) is 95.0 cm³/mol. The van der Waals surface area contributed by atoms with Gasteiger partial charge in [-0.1, -0.05) is 12.1 Å². The van der Waals surface area contributed by atoms with E-state index in [-0.39, 0.29) is 17.7 Å². The van der Waals surface area contributed by atoms with E-state index in [1.165, 1.54) is 11.1 Å². The molecule has 2 aromatic heterocycles. The molecule has 3 heterocycles. The molecule has 1 fully saturated rings. The van der Waals surface area contributed by atoms with E-state index < -0.39 is 0 Å². The molecule has 0 radical (unpaired) electrons. The number of aryl methyl sites for hydroxylation is 2. The molecule has 1 aliphatic heterocycles. The van der Waals surface area contributed by atoms with Gasteiger partial charge in [0.25, 0.3) is 0 Å². The lowest BCUT2D eigenvalue weighted by atomic mass is 10.0. The van der Waals surface area contributed by atoms with Crippen LogP contribution in [0.2, 0.25) is 0 Å². The van der Waals surface area contributed by atoms with Crippen molar-refractivity contribution in [2.24, 2.45) is 5.92 Å². The molecule has 126 valence electrons. The Morgan fingerprint density at radius 1 is 1.24 bits per heavy atom. The third kappa shape index (κ3) is 2.51. The van der Waals surface area contributed by atoms with Crippen molar-refractivity contribution < 1.29 is 4.79 Å². The molecule has 2 aliphatic rings. The highest BCUT2D eigenvalue weighted by Crippen LogP contribution is 2.48. The van der Waals surface area contributed by atoms with Crippen molar-refractivity contribution in [3.63, 3.8) is 0 Å². The first-order chi connectivity index (χ1) is 12.3. The Bertz CT molecular complexity index is 947. The van der Waals surface area contributed by atoms with Crippen molar-refractivity contribution in [2.45, 2.75) is 38.3 Å². The van der Waals surface area contributed by atoms with Gasteiger partial charge < -0.3 is 9.88 Å². The number of imidazole rings is 1. The zero-order chi connectivity index (χ0) is 16.8. The number of benzene rings is 1. The summed E-state index contributed by atoms with van der Waals surface area (Å²) in [5.41, 5.74) is 4.83. The van der Waals surface area contributed by atoms with E-state index in [1.807, 2.05) is 12.1 Å². The van der Waals surface area contributed by atoms with Crippen LogP contribution in [0.3, 0.4) is 0 Å². The number of nitrogens with zero attached hydrogens (tertiary/aromatic N) is 3. The van der Waals surface area contributed by atoms with Crippen molar-refractivity contribution >= 4 is 16.9 Å². The summed E-state index contributed by atoms with van der Waals surface area (Å²) < 4.78 is 2.36. The molecule has 1 aromatic carbocycles. The van der Waals surface area contributed by atoms with E-state index in [9.17, 15) is 4.79 Å². The summed E-state index contributed by atoms with van der Waals surface area (Å²) in [7, 11) is 0. The van der Waals surface area contributed by atoms with Crippen LogP contribution in [0.15, 0.2) is 42.7 Å². The van der Waals surface area contributed by atoms with Gasteiger partial charge in [-0.05, 0) is 48.6 Å². The lowest BCUT2D eigenvalue weighted by Crippen LogP contribution is -2.25. The van der Waals surface area contributed by atoms with Gasteiger partial charge in [-0.15, -0.1) is 0 Å². The molecule has 1 N–H and O–H groups in total. The Labute approximate surface area is 146 Å². The summed E-state index contributed by atoms with van der Waals surface area (Å²) in [6, 6.07) is 10.2. The van der Waals surface area contributed by atoms with Crippen LogP contribution in [0.1, 0.15) is 35.7 Å². The number of para-hydroxylation sites is 1. The molecule has 5 nitrogen and oxygen atoms in total. The van der Waals surface area contributed by atoms with Crippen LogP contribution in [0.25, 0.3) is 11.0 Å². The molecule has 1 amide bonds. The first-order valence-electron chi connectivity index (χ1n) is 8.96. The fourth-order valence-electron chi connectivity index (χ4n) is 4.01. The summed E-state index contributed by atoms with van der Waals surface area (Å²) >= 11 is 0. The van der Waals surface area contributed by atoms with Gasteiger partial charge in [0, 0.05) is 37.3 Å². The van der Waals surface area contributed by atoms with Crippen LogP contribution < -0.4 is 5.32 Å². The maximum atomic E-state index is 12.5. The lowest BCUT2D eigenvalue weighted by Gasteiger charge is -2.16. The number of nitrogens with one attached hydrogen (secondary N) is 1. The van der Waals surface area contributed by atoms with Gasteiger partial charge in [0.2, 0.25) is 5.91 Å². The standard InChI is InChI=1S/C20H20N4O/c25-20(22-12-13-6-8-21-9-7-13)16-11-15(16)19-23-17-5-1-3-14-4-2-10-24(19)18(14)17/h1,3,5-9,15-16H,2,4,10-12H2,(H,22,25). The highest BCUT2D eigenvalue weighted by atomic mass is 16.2. The van der Waals surface area contributed by atoms with Gasteiger partial charge in [-0.25, -0.2) is 4.98 Å². The number of hydrogen-bond acceptors (Lipinski definition) is 3. The molecular formula is C20H20N4O. The number of pyridine rings is 1. The molecule has 1 aliphatic carbocycles. The minimum atomic E-state index is 0.0558. The fraction of sp³-hybridized carbons (Fsp3) is 0.350. The Morgan fingerprint density at radius 3 is 3.00 bits per heavy atom. The highest BCUT2D eigenvalue weighted by molar-refractivity contribution is 5.84. The van der Waals surface area contributed by atoms with E-state index in [1.54, 1.807) is 12.4 Å². The highest BCUT2D eigenvalue weighted by Gasteiger charge is 2.47. The number of aromatic nitrogens is 3. The average Bonchev–Trinajstić information content (AvgIpc) is 3.37. The smallest absolute Gasteiger partial charge is 0.224 e. The van der Waals surface area contributed by atoms with Gasteiger partial charge in [-0.2, -0.15) is 0 Å². The van der Waals surface area contributed by atoms with Crippen LogP contribution in [0, 0.1) is 5.92 Å². The quantitative estimate of drug-likeness (QED) is 0.799. The maximum absolute atomic E-state index is 12.5. The van der Waals surface area contributed by atoms with E-state index in [2.05, 4.69) is 33.1 Å². The maximum Gasteiger partial charge on any atom is 0.224 e. The Kier molecular flexibility index (Phi) is 3.33. The normalized spacial score (nSPS) is 21.3. The second kappa shape index (κ2) is 5.69. The van der Waals surface area contributed by atoms with E-state index >= 15 is 0 Å². The molecule has 2 atom stereocenters. The molecule has 2 unspecified atom stereocenters. The van der Waals surface area contributed by atoms with Crippen LogP contribution in [-0.2, 0) is 24.3 Å². The minimum absolute atomic E-state index is 0.0558. The van der Waals surface area contributed by atoms with E-state index in [4.69, 9.17) is 4.98 Å². The second-order valence-electron chi connectivity index (χ2n) is 7.03. The number of amides is 1. The third-order valence-corrected chi connectivity index (χ3v) is 5.38. The molecule has 5 rings (SSSR count). The molecular weight excluding hydrogens is 312 g/mol. The van der Waals surface area contributed by atoms with Gasteiger partial charge in [-0.3, -0.25) is 9.78 Å². The summed E-state index contributed by atoms with van der Waals surface area (Å²) in [5, 5.41) is 3.05. The van der Waals surface area contributed by atoms with Gasteiger partial charge in [0.05, 0.1) is 11.0 Å². The number of hydrogen-bond donors (Lipinski definition) is 1. The largest absolute Gasteiger partial charge is 0.352 e. The predicted octanol–water partition coefficient (Wildman–Crippen LogP) is 2.80. The van der Waals surface area contributed by atoms with Crippen LogP contribution in [0.5, 0.6) is 0 Å². The summed E-state index contributed by atoms with van der Waals surface area (Å²) in [4.78, 5) is 21.4. The lowest BCUT2D eigenvalue weighted by molar-refractivity contribution is -0.122. The summed E-state index contributed by atoms with van der Waals surface area (Å²) in [5.74, 6) is 1.56. The van der Waals surface area contributed by atoms with Crippen molar-refractivity contribution in [2.75, 3.05) is 0 Å². The van der Waals surface area contributed by atoms with Gasteiger partial charge in [0.1, 0.15) is 5.82 Å². The number of rotatable bonds is 4. The molecule has 0 spiro atoms. The Hall–Kier alpha value is -2.69. The first-order valence-corrected chi connectivity index (χ1v) is 8.96. The SMILES string of the molecule is O=C(NCc1ccncc1)C1CC1c1nc2cccc3c2n1CCC3. The number of carbonyl (C=O) groups is 1. The van der Waals surface area contributed by atoms with Crippen molar-refractivity contribution in [1.82, 2.24) is 19.9 Å². The third-order valence-electron chi connectivity index (χ3n) is 5.38. The first kappa shape index (κ1) is 14.6. The summed E-state index contributed by atoms with van der Waals surface area (Å²) in [6.45, 7) is 1.58. The minimum Gasteiger partial charge on any atom is -0.352 e. The van der Waals surface area contributed by atoms with Crippen molar-refractivity contribution in [1.29, 1.82) is 0 Å². The molecule has 25 heavy (non-hydrogen) atoms. The molecule has 0 bridgehead atoms. The van der Waals surface area contributed by atoms with Crippen molar-refractivity contribution in [3.05, 3.63) is 59.7 Å². The average molecular weight is 332 g/mol. The summed E-state index contributed by atoms with van der Waals surface area (Å²) in [6.07, 6.45) is 6.69. The van der Waals surface area contributed by atoms with Crippen LogP contribution in [-0.4, -0.2) is 20.4 Å². The topological polar surface area (TPSA) is 59.8 Å². The second-order valence-corrected chi connectivity index (χ2v) is 7.03. The van der Waals surface area contributed by atoms with Crippen LogP contribution >= 0.6 is 0 Å². The monoisotopic (exact) mass is 332 g/mol. The van der Waals surface area contributed by atoms with Crippen molar-refractivity contribution in [3.8, 4) is 0 Å². The molecule has 0 saturated heterocycles. The zero-order valence-corrected chi connectivity index (χ0v) is 14.0. The zero-order valence-electron chi connectivity index (χ0n) is 14.0. The van der Waals surface area contributed by atoms with Crippen LogP contribution in [0.4, 0.5) is 0 Å². The van der Waals surface area contributed by atoms with E-state index in [0.29, 0.717) is 6.54 Å². The fourth-order valence-corrected chi connectivity index (χ4v) is 4.01. The number of carbonyl (C=O) groups excluding carboxylic acids is 1. The molecule has 5 heteroatoms. The van der Waals surface area contributed by atoms with E-state index in [0.717, 1.165) is 42.7 Å². The van der Waals surface area contributed by atoms with Gasteiger partial charge >= 0.3 is 0 Å². The van der Waals surface area contributed by atoms with Gasteiger partial charge in [0.15, 0.2) is 0 Å².